The first-order chi connectivity index (χ1) is 16.7. The molecule has 0 unspecified atom stereocenters. The number of benzene rings is 2. The van der Waals surface area contributed by atoms with E-state index >= 15 is 0 Å². The summed E-state index contributed by atoms with van der Waals surface area (Å²) in [5.41, 5.74) is 4.92. The minimum absolute atomic E-state index is 0.0664. The number of fused-ring (bicyclic) bond motifs is 1. The van der Waals surface area contributed by atoms with Gasteiger partial charge in [-0.05, 0) is 72.4 Å². The predicted molar refractivity (Wildman–Crippen MR) is 134 cm³/mol. The number of hydrogen-bond donors (Lipinski definition) is 1. The average molecular weight is 453 g/mol. The predicted octanol–water partition coefficient (Wildman–Crippen LogP) is 4.96. The Morgan fingerprint density at radius 3 is 2.82 bits per heavy atom. The number of likely N-dealkylation sites (tertiary alicyclic amines) is 1. The van der Waals surface area contributed by atoms with Gasteiger partial charge in [-0.15, -0.1) is 0 Å². The van der Waals surface area contributed by atoms with Gasteiger partial charge < -0.3 is 15.0 Å². The number of carbonyl (C=O) groups excluding carboxylic acids is 1. The molecule has 1 fully saturated rings. The van der Waals surface area contributed by atoms with Gasteiger partial charge in [0.2, 0.25) is 0 Å². The number of amides is 1. The molecule has 1 atom stereocenters. The van der Waals surface area contributed by atoms with Gasteiger partial charge in [-0.2, -0.15) is 0 Å². The van der Waals surface area contributed by atoms with Crippen molar-refractivity contribution in [1.29, 1.82) is 0 Å². The highest BCUT2D eigenvalue weighted by Crippen LogP contribution is 2.29. The van der Waals surface area contributed by atoms with E-state index in [1.165, 1.54) is 10.9 Å². The molecule has 2 aromatic carbocycles. The number of nitrogens with one attached hydrogen (secondary N) is 1. The van der Waals surface area contributed by atoms with E-state index in [2.05, 4.69) is 33.5 Å². The molecule has 172 valence electrons. The number of carbonyl (C=O) groups is 1. The van der Waals surface area contributed by atoms with Gasteiger partial charge in [0.25, 0.3) is 5.91 Å². The van der Waals surface area contributed by atoms with E-state index in [0.717, 1.165) is 48.4 Å². The first-order valence-electron chi connectivity index (χ1n) is 11.6. The first kappa shape index (κ1) is 21.9. The van der Waals surface area contributed by atoms with Crippen molar-refractivity contribution in [3.63, 3.8) is 0 Å². The molecule has 0 bridgehead atoms. The summed E-state index contributed by atoms with van der Waals surface area (Å²) in [5, 5.41) is 4.60. The highest BCUT2D eigenvalue weighted by atomic mass is 16.5. The standard InChI is InChI=1S/C28H28N4O2/c1-34-27-8-7-23(17-26(27)31-18-20-9-13-29-14-10-20)28(33)32-15-11-21(19-32)16-22-4-2-6-25-24(22)5-3-12-30-25/h2-10,12-14,17,21,31H,11,15-16,18-19H2,1H3/t21-/m0/s1. The van der Waals surface area contributed by atoms with Crippen LogP contribution in [0.1, 0.15) is 27.9 Å². The van der Waals surface area contributed by atoms with Gasteiger partial charge in [0.15, 0.2) is 0 Å². The summed E-state index contributed by atoms with van der Waals surface area (Å²) >= 11 is 0. The minimum atomic E-state index is 0.0664. The molecule has 1 amide bonds. The molecule has 0 spiro atoms. The van der Waals surface area contributed by atoms with Crippen molar-refractivity contribution in [1.82, 2.24) is 14.9 Å². The van der Waals surface area contributed by atoms with Crippen molar-refractivity contribution in [2.75, 3.05) is 25.5 Å². The molecule has 2 aromatic heterocycles. The Morgan fingerprint density at radius 1 is 1.09 bits per heavy atom. The summed E-state index contributed by atoms with van der Waals surface area (Å²) in [6.07, 6.45) is 7.33. The number of nitrogens with zero attached hydrogens (tertiary/aromatic N) is 3. The lowest BCUT2D eigenvalue weighted by Gasteiger charge is -2.19. The third kappa shape index (κ3) is 4.71. The second kappa shape index (κ2) is 9.91. The fourth-order valence-electron chi connectivity index (χ4n) is 4.70. The van der Waals surface area contributed by atoms with Crippen LogP contribution in [-0.2, 0) is 13.0 Å². The molecule has 1 N–H and O–H groups in total. The van der Waals surface area contributed by atoms with Crippen molar-refractivity contribution in [2.24, 2.45) is 5.92 Å². The fourth-order valence-corrected chi connectivity index (χ4v) is 4.70. The number of rotatable bonds is 7. The lowest BCUT2D eigenvalue weighted by atomic mass is 9.96. The average Bonchev–Trinajstić information content (AvgIpc) is 3.36. The van der Waals surface area contributed by atoms with Crippen LogP contribution in [0.4, 0.5) is 5.69 Å². The number of anilines is 1. The maximum atomic E-state index is 13.3. The topological polar surface area (TPSA) is 67.3 Å². The monoisotopic (exact) mass is 452 g/mol. The normalized spacial score (nSPS) is 15.4. The van der Waals surface area contributed by atoms with Crippen molar-refractivity contribution < 1.29 is 9.53 Å². The van der Waals surface area contributed by atoms with Crippen LogP contribution < -0.4 is 10.1 Å². The Balaban J connectivity index is 1.27. The molecule has 0 saturated carbocycles. The molecule has 0 radical (unpaired) electrons. The molecular weight excluding hydrogens is 424 g/mol. The van der Waals surface area contributed by atoms with Crippen LogP contribution >= 0.6 is 0 Å². The summed E-state index contributed by atoms with van der Waals surface area (Å²) < 4.78 is 5.51. The summed E-state index contributed by atoms with van der Waals surface area (Å²) in [5.74, 6) is 1.23. The maximum Gasteiger partial charge on any atom is 0.253 e. The molecule has 34 heavy (non-hydrogen) atoms. The minimum Gasteiger partial charge on any atom is -0.495 e. The van der Waals surface area contributed by atoms with E-state index in [1.54, 1.807) is 19.5 Å². The number of methoxy groups -OCH3 is 1. The van der Waals surface area contributed by atoms with Crippen LogP contribution in [0.2, 0.25) is 0 Å². The zero-order chi connectivity index (χ0) is 23.3. The third-order valence-corrected chi connectivity index (χ3v) is 6.50. The highest BCUT2D eigenvalue weighted by Gasteiger charge is 2.28. The van der Waals surface area contributed by atoms with Crippen LogP contribution in [0.25, 0.3) is 10.9 Å². The molecule has 3 heterocycles. The Bertz CT molecular complexity index is 1290. The van der Waals surface area contributed by atoms with Gasteiger partial charge in [-0.1, -0.05) is 18.2 Å². The maximum absolute atomic E-state index is 13.3. The second-order valence-corrected chi connectivity index (χ2v) is 8.72. The number of ether oxygens (including phenoxy) is 1. The number of pyridine rings is 2. The van der Waals surface area contributed by atoms with Crippen molar-refractivity contribution in [2.45, 2.75) is 19.4 Å². The molecule has 4 aromatic rings. The van der Waals surface area contributed by atoms with E-state index < -0.39 is 0 Å². The van der Waals surface area contributed by atoms with Gasteiger partial charge in [0, 0.05) is 49.2 Å². The van der Waals surface area contributed by atoms with E-state index in [0.29, 0.717) is 18.0 Å². The second-order valence-electron chi connectivity index (χ2n) is 8.72. The largest absolute Gasteiger partial charge is 0.495 e. The zero-order valence-electron chi connectivity index (χ0n) is 19.3. The first-order valence-corrected chi connectivity index (χ1v) is 11.6. The van der Waals surface area contributed by atoms with Crippen molar-refractivity contribution >= 4 is 22.5 Å². The smallest absolute Gasteiger partial charge is 0.253 e. The van der Waals surface area contributed by atoms with Crippen LogP contribution in [0, 0.1) is 5.92 Å². The molecular formula is C28H28N4O2. The SMILES string of the molecule is COc1ccc(C(=O)N2CC[C@@H](Cc3cccc4ncccc34)C2)cc1NCc1ccncc1. The van der Waals surface area contributed by atoms with Gasteiger partial charge in [-0.25, -0.2) is 0 Å². The molecule has 6 nitrogen and oxygen atoms in total. The molecule has 0 aliphatic carbocycles. The Morgan fingerprint density at radius 2 is 1.97 bits per heavy atom. The Labute approximate surface area is 199 Å². The lowest BCUT2D eigenvalue weighted by molar-refractivity contribution is 0.0787. The quantitative estimate of drug-likeness (QED) is 0.430. The van der Waals surface area contributed by atoms with E-state index in [4.69, 9.17) is 4.74 Å². The van der Waals surface area contributed by atoms with Gasteiger partial charge in [0.1, 0.15) is 5.75 Å². The van der Waals surface area contributed by atoms with Crippen LogP contribution in [0.15, 0.2) is 79.3 Å². The van der Waals surface area contributed by atoms with Gasteiger partial charge in [-0.3, -0.25) is 14.8 Å². The lowest BCUT2D eigenvalue weighted by Crippen LogP contribution is -2.29. The van der Waals surface area contributed by atoms with E-state index in [1.807, 2.05) is 53.6 Å². The van der Waals surface area contributed by atoms with Crippen molar-refractivity contribution in [3.05, 3.63) is 95.9 Å². The van der Waals surface area contributed by atoms with E-state index in [9.17, 15) is 4.79 Å². The van der Waals surface area contributed by atoms with Gasteiger partial charge in [0.05, 0.1) is 18.3 Å². The molecule has 1 saturated heterocycles. The van der Waals surface area contributed by atoms with Crippen LogP contribution in [0.5, 0.6) is 5.75 Å². The zero-order valence-corrected chi connectivity index (χ0v) is 19.3. The summed E-state index contributed by atoms with van der Waals surface area (Å²) in [6, 6.07) is 19.9. The molecule has 1 aliphatic rings. The van der Waals surface area contributed by atoms with Gasteiger partial charge >= 0.3 is 0 Å². The van der Waals surface area contributed by atoms with Crippen LogP contribution in [0.3, 0.4) is 0 Å². The summed E-state index contributed by atoms with van der Waals surface area (Å²) in [4.78, 5) is 23.8. The Kier molecular flexibility index (Phi) is 6.38. The highest BCUT2D eigenvalue weighted by molar-refractivity contribution is 5.96. The fraction of sp³-hybridized carbons (Fsp3) is 0.250. The summed E-state index contributed by atoms with van der Waals surface area (Å²) in [7, 11) is 1.64. The molecule has 5 rings (SSSR count). The third-order valence-electron chi connectivity index (χ3n) is 6.50. The summed E-state index contributed by atoms with van der Waals surface area (Å²) in [6.45, 7) is 2.17. The van der Waals surface area contributed by atoms with Crippen molar-refractivity contribution in [3.8, 4) is 5.75 Å². The van der Waals surface area contributed by atoms with Crippen LogP contribution in [-0.4, -0.2) is 41.0 Å². The van der Waals surface area contributed by atoms with E-state index in [-0.39, 0.29) is 5.91 Å². The molecule has 1 aliphatic heterocycles. The molecule has 6 heteroatoms. The number of hydrogen-bond acceptors (Lipinski definition) is 5. The Hall–Kier alpha value is -3.93. The number of aromatic nitrogens is 2.